The normalized spacial score (nSPS) is 14.0. The predicted molar refractivity (Wildman–Crippen MR) is 118 cm³/mol. The third-order valence-electron chi connectivity index (χ3n) is 5.01. The Morgan fingerprint density at radius 2 is 1.70 bits per heavy atom. The van der Waals surface area contributed by atoms with Crippen molar-refractivity contribution in [1.29, 1.82) is 0 Å². The zero-order chi connectivity index (χ0) is 21.1. The minimum Gasteiger partial charge on any atom is -0.439 e. The molecule has 1 aliphatic rings. The first-order chi connectivity index (χ1) is 14.5. The second-order valence-corrected chi connectivity index (χ2v) is 7.75. The van der Waals surface area contributed by atoms with Crippen LogP contribution in [0.25, 0.3) is 0 Å². The van der Waals surface area contributed by atoms with E-state index in [0.29, 0.717) is 48.5 Å². The lowest BCUT2D eigenvalue weighted by molar-refractivity contribution is 0.0746. The van der Waals surface area contributed by atoms with Crippen LogP contribution in [0.3, 0.4) is 0 Å². The maximum absolute atomic E-state index is 12.7. The summed E-state index contributed by atoms with van der Waals surface area (Å²) in [5, 5.41) is 0.567. The number of hydrogen-bond donors (Lipinski definition) is 0. The topological polar surface area (TPSA) is 58.6 Å². The molecule has 4 rings (SSSR count). The van der Waals surface area contributed by atoms with Gasteiger partial charge in [0.1, 0.15) is 17.4 Å². The van der Waals surface area contributed by atoms with Gasteiger partial charge >= 0.3 is 0 Å². The molecule has 0 radical (unpaired) electrons. The van der Waals surface area contributed by atoms with Crippen LogP contribution in [0.1, 0.15) is 21.7 Å². The summed E-state index contributed by atoms with van der Waals surface area (Å²) in [6.07, 6.45) is 0. The molecule has 0 atom stereocenters. The summed E-state index contributed by atoms with van der Waals surface area (Å²) in [6.45, 7) is 6.49. The van der Waals surface area contributed by atoms with Crippen LogP contribution in [0.2, 0.25) is 5.02 Å². The average Bonchev–Trinajstić information content (AvgIpc) is 2.74. The predicted octanol–water partition coefficient (Wildman–Crippen LogP) is 4.50. The lowest BCUT2D eigenvalue weighted by Crippen LogP contribution is -2.49. The van der Waals surface area contributed by atoms with Gasteiger partial charge in [-0.05, 0) is 44.2 Å². The Labute approximate surface area is 181 Å². The molecule has 0 unspecified atom stereocenters. The largest absolute Gasteiger partial charge is 0.439 e. The molecule has 0 N–H and O–H groups in total. The molecular weight excluding hydrogens is 400 g/mol. The van der Waals surface area contributed by atoms with Crippen molar-refractivity contribution < 1.29 is 9.53 Å². The first kappa shape index (κ1) is 20.2. The molecule has 2 aromatic carbocycles. The molecule has 1 amide bonds. The number of aromatic nitrogens is 2. The highest BCUT2D eigenvalue weighted by Crippen LogP contribution is 2.24. The van der Waals surface area contributed by atoms with Crippen molar-refractivity contribution >= 4 is 23.3 Å². The van der Waals surface area contributed by atoms with Crippen molar-refractivity contribution in [3.63, 3.8) is 0 Å². The summed E-state index contributed by atoms with van der Waals surface area (Å²) in [4.78, 5) is 25.7. The molecule has 7 heteroatoms. The summed E-state index contributed by atoms with van der Waals surface area (Å²) >= 11 is 6.02. The molecule has 154 valence electrons. The Bertz CT molecular complexity index is 1050. The standard InChI is InChI=1S/C23H23ClN4O2/c1-16-6-8-20(9-7-16)30-22-15-21(25-17(2)26-22)27-10-12-28(13-11-27)23(29)18-4-3-5-19(24)14-18/h3-9,14-15H,10-13H2,1-2H3. The van der Waals surface area contributed by atoms with Crippen LogP contribution < -0.4 is 9.64 Å². The van der Waals surface area contributed by atoms with Crippen molar-refractivity contribution in [2.24, 2.45) is 0 Å². The average molecular weight is 423 g/mol. The van der Waals surface area contributed by atoms with Gasteiger partial charge in [0.2, 0.25) is 5.88 Å². The van der Waals surface area contributed by atoms with Crippen LogP contribution in [0.5, 0.6) is 11.6 Å². The lowest BCUT2D eigenvalue weighted by Gasteiger charge is -2.35. The number of aryl methyl sites for hydroxylation is 2. The van der Waals surface area contributed by atoms with E-state index in [1.165, 1.54) is 5.56 Å². The van der Waals surface area contributed by atoms with Gasteiger partial charge in [0, 0.05) is 42.8 Å². The van der Waals surface area contributed by atoms with E-state index in [4.69, 9.17) is 16.3 Å². The van der Waals surface area contributed by atoms with Crippen molar-refractivity contribution in [3.05, 3.63) is 76.6 Å². The molecule has 6 nitrogen and oxygen atoms in total. The highest BCUT2D eigenvalue weighted by Gasteiger charge is 2.23. The third kappa shape index (κ3) is 4.71. The van der Waals surface area contributed by atoms with Gasteiger partial charge in [0.25, 0.3) is 5.91 Å². The van der Waals surface area contributed by atoms with Crippen LogP contribution in [0.15, 0.2) is 54.6 Å². The molecule has 3 aromatic rings. The van der Waals surface area contributed by atoms with Crippen LogP contribution in [-0.2, 0) is 0 Å². The van der Waals surface area contributed by atoms with Gasteiger partial charge in [-0.1, -0.05) is 35.4 Å². The second kappa shape index (κ2) is 8.71. The fraction of sp³-hybridized carbons (Fsp3) is 0.261. The molecule has 1 fully saturated rings. The number of amides is 1. The van der Waals surface area contributed by atoms with Crippen LogP contribution in [0.4, 0.5) is 5.82 Å². The summed E-state index contributed by atoms with van der Waals surface area (Å²) in [6, 6.07) is 16.8. The van der Waals surface area contributed by atoms with Crippen LogP contribution in [-0.4, -0.2) is 47.0 Å². The maximum atomic E-state index is 12.7. The van der Waals surface area contributed by atoms with Gasteiger partial charge in [-0.15, -0.1) is 0 Å². The monoisotopic (exact) mass is 422 g/mol. The molecule has 1 aliphatic heterocycles. The number of anilines is 1. The number of carbonyl (C=O) groups is 1. The summed E-state index contributed by atoms with van der Waals surface area (Å²) in [7, 11) is 0. The van der Waals surface area contributed by atoms with Crippen molar-refractivity contribution in [2.45, 2.75) is 13.8 Å². The van der Waals surface area contributed by atoms with Gasteiger partial charge < -0.3 is 14.5 Å². The molecule has 1 saturated heterocycles. The fourth-order valence-corrected chi connectivity index (χ4v) is 3.60. The Kier molecular flexibility index (Phi) is 5.86. The van der Waals surface area contributed by atoms with Crippen molar-refractivity contribution in [1.82, 2.24) is 14.9 Å². The van der Waals surface area contributed by atoms with E-state index >= 15 is 0 Å². The molecule has 1 aromatic heterocycles. The van der Waals surface area contributed by atoms with E-state index in [2.05, 4.69) is 14.9 Å². The summed E-state index contributed by atoms with van der Waals surface area (Å²) < 4.78 is 5.92. The highest BCUT2D eigenvalue weighted by molar-refractivity contribution is 6.30. The number of ether oxygens (including phenoxy) is 1. The molecule has 30 heavy (non-hydrogen) atoms. The van der Waals surface area contributed by atoms with Gasteiger partial charge in [-0.3, -0.25) is 4.79 Å². The molecular formula is C23H23ClN4O2. The third-order valence-corrected chi connectivity index (χ3v) is 5.24. The van der Waals surface area contributed by atoms with Gasteiger partial charge in [0.05, 0.1) is 0 Å². The van der Waals surface area contributed by atoms with Crippen molar-refractivity contribution in [3.8, 4) is 11.6 Å². The zero-order valence-corrected chi connectivity index (χ0v) is 17.8. The van der Waals surface area contributed by atoms with E-state index in [1.807, 2.05) is 49.1 Å². The number of benzene rings is 2. The minimum atomic E-state index is -0.000545. The Morgan fingerprint density at radius 3 is 2.40 bits per heavy atom. The Hall–Kier alpha value is -3.12. The number of hydrogen-bond acceptors (Lipinski definition) is 5. The van der Waals surface area contributed by atoms with Crippen LogP contribution >= 0.6 is 11.6 Å². The number of piperazine rings is 1. The van der Waals surface area contributed by atoms with E-state index in [1.54, 1.807) is 24.3 Å². The van der Waals surface area contributed by atoms with Crippen LogP contribution in [0, 0.1) is 13.8 Å². The van der Waals surface area contributed by atoms with E-state index in [9.17, 15) is 4.79 Å². The summed E-state index contributed by atoms with van der Waals surface area (Å²) in [5.41, 5.74) is 1.79. The second-order valence-electron chi connectivity index (χ2n) is 7.32. The van der Waals surface area contributed by atoms with E-state index in [0.717, 1.165) is 11.6 Å². The highest BCUT2D eigenvalue weighted by atomic mass is 35.5. The first-order valence-corrected chi connectivity index (χ1v) is 10.3. The van der Waals surface area contributed by atoms with Gasteiger partial charge in [-0.2, -0.15) is 4.98 Å². The smallest absolute Gasteiger partial charge is 0.254 e. The minimum absolute atomic E-state index is 0.000545. The van der Waals surface area contributed by atoms with Gasteiger partial charge in [-0.25, -0.2) is 4.98 Å². The fourth-order valence-electron chi connectivity index (χ4n) is 3.41. The zero-order valence-electron chi connectivity index (χ0n) is 17.0. The first-order valence-electron chi connectivity index (χ1n) is 9.88. The quantitative estimate of drug-likeness (QED) is 0.619. The SMILES string of the molecule is Cc1ccc(Oc2cc(N3CCN(C(=O)c4cccc(Cl)c4)CC3)nc(C)n2)cc1. The summed E-state index contributed by atoms with van der Waals surface area (Å²) in [5.74, 6) is 2.70. The number of rotatable bonds is 4. The van der Waals surface area contributed by atoms with E-state index in [-0.39, 0.29) is 5.91 Å². The Balaban J connectivity index is 1.43. The number of nitrogens with zero attached hydrogens (tertiary/aromatic N) is 4. The molecule has 0 saturated carbocycles. The number of carbonyl (C=O) groups excluding carboxylic acids is 1. The molecule has 0 aliphatic carbocycles. The molecule has 2 heterocycles. The van der Waals surface area contributed by atoms with Crippen molar-refractivity contribution in [2.75, 3.05) is 31.1 Å². The van der Waals surface area contributed by atoms with E-state index < -0.39 is 0 Å². The molecule has 0 bridgehead atoms. The molecule has 0 spiro atoms. The lowest BCUT2D eigenvalue weighted by atomic mass is 10.2. The maximum Gasteiger partial charge on any atom is 0.254 e. The van der Waals surface area contributed by atoms with Gasteiger partial charge in [0.15, 0.2) is 0 Å². The number of halogens is 1. The Morgan fingerprint density at radius 1 is 0.967 bits per heavy atom.